The highest BCUT2D eigenvalue weighted by Crippen LogP contribution is 2.36. The third kappa shape index (κ3) is 3.20. The Morgan fingerprint density at radius 3 is 2.36 bits per heavy atom. The Balaban J connectivity index is 2.42. The van der Waals surface area contributed by atoms with Gasteiger partial charge in [-0.1, -0.05) is 12.2 Å². The molecule has 0 aromatic carbocycles. The summed E-state index contributed by atoms with van der Waals surface area (Å²) in [6, 6.07) is 0. The first-order valence-electron chi connectivity index (χ1n) is 4.96. The van der Waals surface area contributed by atoms with Crippen molar-refractivity contribution in [3.63, 3.8) is 0 Å². The normalized spacial score (nSPS) is 21.9. The molecule has 14 heavy (non-hydrogen) atoms. The van der Waals surface area contributed by atoms with Crippen LogP contribution in [0.25, 0.3) is 0 Å². The molecule has 80 valence electrons. The van der Waals surface area contributed by atoms with Gasteiger partial charge in [-0.15, -0.1) is 0 Å². The number of Topliss-reactive ketones (excluding diaryl/α,β-unsaturated/α-hetero) is 1. The standard InChI is InChI=1S/C11H16F2O/c1-8(2)7-10(14)9-3-5-11(12,13)6-4-9/h9H,1,3-7H2,2H3. The second-order valence-corrected chi connectivity index (χ2v) is 4.23. The summed E-state index contributed by atoms with van der Waals surface area (Å²) in [6.07, 6.45) is 0.730. The second kappa shape index (κ2) is 4.20. The number of carbonyl (C=O) groups excluding carboxylic acids is 1. The van der Waals surface area contributed by atoms with E-state index in [1.807, 2.05) is 0 Å². The van der Waals surface area contributed by atoms with Gasteiger partial charge in [0, 0.05) is 25.2 Å². The molecule has 0 bridgehead atoms. The molecule has 0 aromatic heterocycles. The van der Waals surface area contributed by atoms with Crippen LogP contribution < -0.4 is 0 Å². The van der Waals surface area contributed by atoms with E-state index in [0.29, 0.717) is 19.3 Å². The van der Waals surface area contributed by atoms with Gasteiger partial charge in [0.1, 0.15) is 5.78 Å². The lowest BCUT2D eigenvalue weighted by molar-refractivity contribution is -0.126. The van der Waals surface area contributed by atoms with Crippen molar-refractivity contribution in [2.24, 2.45) is 5.92 Å². The summed E-state index contributed by atoms with van der Waals surface area (Å²) in [5.74, 6) is -2.63. The molecule has 1 aliphatic carbocycles. The quantitative estimate of drug-likeness (QED) is 0.641. The zero-order valence-electron chi connectivity index (χ0n) is 8.48. The van der Waals surface area contributed by atoms with Gasteiger partial charge in [-0.2, -0.15) is 0 Å². The number of hydrogen-bond acceptors (Lipinski definition) is 1. The Morgan fingerprint density at radius 2 is 1.93 bits per heavy atom. The molecule has 0 radical (unpaired) electrons. The van der Waals surface area contributed by atoms with E-state index >= 15 is 0 Å². The molecule has 1 rings (SSSR count). The Hall–Kier alpha value is -0.730. The van der Waals surface area contributed by atoms with Crippen molar-refractivity contribution in [1.29, 1.82) is 0 Å². The minimum Gasteiger partial charge on any atom is -0.299 e. The molecule has 1 aliphatic rings. The van der Waals surface area contributed by atoms with Gasteiger partial charge in [0.25, 0.3) is 0 Å². The van der Waals surface area contributed by atoms with Gasteiger partial charge in [0.15, 0.2) is 0 Å². The van der Waals surface area contributed by atoms with Crippen LogP contribution in [0.15, 0.2) is 12.2 Å². The summed E-state index contributed by atoms with van der Waals surface area (Å²) < 4.78 is 25.5. The van der Waals surface area contributed by atoms with Gasteiger partial charge in [0.05, 0.1) is 0 Å². The summed E-state index contributed by atoms with van der Waals surface area (Å²) in [4.78, 5) is 11.5. The maximum Gasteiger partial charge on any atom is 0.248 e. The fraction of sp³-hybridized carbons (Fsp3) is 0.727. The van der Waals surface area contributed by atoms with Crippen molar-refractivity contribution in [3.05, 3.63) is 12.2 Å². The lowest BCUT2D eigenvalue weighted by atomic mass is 9.82. The van der Waals surface area contributed by atoms with Crippen molar-refractivity contribution in [1.82, 2.24) is 0 Å². The fourth-order valence-corrected chi connectivity index (χ4v) is 1.80. The molecule has 3 heteroatoms. The zero-order chi connectivity index (χ0) is 10.8. The van der Waals surface area contributed by atoms with E-state index < -0.39 is 5.92 Å². The van der Waals surface area contributed by atoms with Crippen LogP contribution >= 0.6 is 0 Å². The van der Waals surface area contributed by atoms with Crippen molar-refractivity contribution in [3.8, 4) is 0 Å². The molecule has 1 saturated carbocycles. The molecule has 0 aromatic rings. The molecule has 0 heterocycles. The molecule has 0 unspecified atom stereocenters. The third-order valence-corrected chi connectivity index (χ3v) is 2.65. The Labute approximate surface area is 83.2 Å². The predicted octanol–water partition coefficient (Wildman–Crippen LogP) is 3.35. The first-order valence-corrected chi connectivity index (χ1v) is 4.96. The molecule has 0 spiro atoms. The minimum absolute atomic E-state index is 0.0769. The lowest BCUT2D eigenvalue weighted by Gasteiger charge is -2.27. The molecule has 0 saturated heterocycles. The highest BCUT2D eigenvalue weighted by atomic mass is 19.3. The number of hydrogen-bond donors (Lipinski definition) is 0. The highest BCUT2D eigenvalue weighted by molar-refractivity contribution is 5.83. The topological polar surface area (TPSA) is 17.1 Å². The van der Waals surface area contributed by atoms with Gasteiger partial charge < -0.3 is 0 Å². The predicted molar refractivity (Wildman–Crippen MR) is 51.3 cm³/mol. The van der Waals surface area contributed by atoms with Crippen LogP contribution in [-0.4, -0.2) is 11.7 Å². The second-order valence-electron chi connectivity index (χ2n) is 4.23. The molecular formula is C11H16F2O. The molecule has 0 N–H and O–H groups in total. The van der Waals surface area contributed by atoms with E-state index in [2.05, 4.69) is 6.58 Å². The maximum absolute atomic E-state index is 12.8. The Bertz CT molecular complexity index is 236. The van der Waals surface area contributed by atoms with Crippen molar-refractivity contribution < 1.29 is 13.6 Å². The number of carbonyl (C=O) groups is 1. The molecule has 1 nitrogen and oxygen atoms in total. The van der Waals surface area contributed by atoms with Crippen molar-refractivity contribution in [2.75, 3.05) is 0 Å². The molecule has 0 aliphatic heterocycles. The number of alkyl halides is 2. The summed E-state index contributed by atoms with van der Waals surface area (Å²) in [5, 5.41) is 0. The average molecular weight is 202 g/mol. The van der Waals surface area contributed by atoms with E-state index in [-0.39, 0.29) is 24.5 Å². The van der Waals surface area contributed by atoms with Gasteiger partial charge in [-0.05, 0) is 19.8 Å². The highest BCUT2D eigenvalue weighted by Gasteiger charge is 2.36. The largest absolute Gasteiger partial charge is 0.299 e. The van der Waals surface area contributed by atoms with E-state index in [4.69, 9.17) is 0 Å². The Kier molecular flexibility index (Phi) is 3.40. The van der Waals surface area contributed by atoms with Crippen LogP contribution in [0.5, 0.6) is 0 Å². The van der Waals surface area contributed by atoms with Crippen LogP contribution in [-0.2, 0) is 4.79 Å². The van der Waals surface area contributed by atoms with Crippen molar-refractivity contribution >= 4 is 5.78 Å². The summed E-state index contributed by atoms with van der Waals surface area (Å²) in [6.45, 7) is 5.44. The monoisotopic (exact) mass is 202 g/mol. The maximum atomic E-state index is 12.8. The fourth-order valence-electron chi connectivity index (χ4n) is 1.80. The van der Waals surface area contributed by atoms with Crippen LogP contribution in [0.2, 0.25) is 0 Å². The van der Waals surface area contributed by atoms with Gasteiger partial charge in [-0.25, -0.2) is 8.78 Å². The van der Waals surface area contributed by atoms with E-state index in [0.717, 1.165) is 5.57 Å². The number of allylic oxidation sites excluding steroid dienone is 1. The SMILES string of the molecule is C=C(C)CC(=O)C1CCC(F)(F)CC1. The number of ketones is 1. The first-order chi connectivity index (χ1) is 6.41. The summed E-state index contributed by atoms with van der Waals surface area (Å²) in [5.41, 5.74) is 0.812. The summed E-state index contributed by atoms with van der Waals surface area (Å²) >= 11 is 0. The van der Waals surface area contributed by atoms with Gasteiger partial charge in [-0.3, -0.25) is 4.79 Å². The first kappa shape index (κ1) is 11.3. The Morgan fingerprint density at radius 1 is 1.43 bits per heavy atom. The zero-order valence-corrected chi connectivity index (χ0v) is 8.48. The van der Waals surface area contributed by atoms with E-state index in [1.165, 1.54) is 0 Å². The van der Waals surface area contributed by atoms with Crippen LogP contribution in [0.1, 0.15) is 39.0 Å². The van der Waals surface area contributed by atoms with Crippen LogP contribution in [0, 0.1) is 5.92 Å². The smallest absolute Gasteiger partial charge is 0.248 e. The summed E-state index contributed by atoms with van der Waals surface area (Å²) in [7, 11) is 0. The van der Waals surface area contributed by atoms with Gasteiger partial charge >= 0.3 is 0 Å². The van der Waals surface area contributed by atoms with Crippen LogP contribution in [0.4, 0.5) is 8.78 Å². The van der Waals surface area contributed by atoms with E-state index in [1.54, 1.807) is 6.92 Å². The third-order valence-electron chi connectivity index (χ3n) is 2.65. The van der Waals surface area contributed by atoms with Crippen LogP contribution in [0.3, 0.4) is 0 Å². The number of halogens is 2. The molecule has 0 amide bonds. The lowest BCUT2D eigenvalue weighted by Crippen LogP contribution is -2.28. The van der Waals surface area contributed by atoms with E-state index in [9.17, 15) is 13.6 Å². The molecule has 1 fully saturated rings. The van der Waals surface area contributed by atoms with Crippen molar-refractivity contribution in [2.45, 2.75) is 45.0 Å². The number of rotatable bonds is 3. The molecular weight excluding hydrogens is 186 g/mol. The minimum atomic E-state index is -2.54. The van der Waals surface area contributed by atoms with Gasteiger partial charge in [0.2, 0.25) is 5.92 Å². The molecule has 0 atom stereocenters. The average Bonchev–Trinajstić information content (AvgIpc) is 2.02.